The normalized spacial score (nSPS) is 17.9. The summed E-state index contributed by atoms with van der Waals surface area (Å²) in [5, 5.41) is 8.60. The van der Waals surface area contributed by atoms with Gasteiger partial charge in [-0.2, -0.15) is 0 Å². The molecule has 4 nitrogen and oxygen atoms in total. The van der Waals surface area contributed by atoms with E-state index >= 15 is 0 Å². The van der Waals surface area contributed by atoms with Crippen molar-refractivity contribution in [2.75, 3.05) is 5.32 Å². The molecule has 1 aliphatic carbocycles. The average Bonchev–Trinajstić information content (AvgIpc) is 3.56. The van der Waals surface area contributed by atoms with Crippen LogP contribution in [0.25, 0.3) is 38.7 Å². The quantitative estimate of drug-likeness (QED) is 0.267. The summed E-state index contributed by atoms with van der Waals surface area (Å²) in [6.07, 6.45) is 10.8. The maximum absolute atomic E-state index is 6.84. The Morgan fingerprint density at radius 1 is 0.811 bits per heavy atom. The van der Waals surface area contributed by atoms with E-state index < -0.39 is 0 Å². The van der Waals surface area contributed by atoms with Gasteiger partial charge in [-0.15, -0.1) is 0 Å². The number of benzene rings is 4. The van der Waals surface area contributed by atoms with Crippen LogP contribution in [0.2, 0.25) is 0 Å². The van der Waals surface area contributed by atoms with Gasteiger partial charge < -0.3 is 14.5 Å². The number of anilines is 1. The first-order valence-electron chi connectivity index (χ1n) is 12.5. The van der Waals surface area contributed by atoms with Crippen molar-refractivity contribution in [1.82, 2.24) is 4.98 Å². The molecule has 2 aliphatic rings. The minimum atomic E-state index is 0.579. The Kier molecular flexibility index (Phi) is 5.33. The summed E-state index contributed by atoms with van der Waals surface area (Å²) in [5.74, 6) is 2.14. The maximum atomic E-state index is 6.84. The second-order valence-electron chi connectivity index (χ2n) is 9.33. The highest BCUT2D eigenvalue weighted by Crippen LogP contribution is 2.40. The lowest BCUT2D eigenvalue weighted by molar-refractivity contribution is 0.462. The number of rotatable bonds is 3. The smallest absolute Gasteiger partial charge is 0.220 e. The fourth-order valence-corrected chi connectivity index (χ4v) is 5.41. The van der Waals surface area contributed by atoms with Gasteiger partial charge in [0.25, 0.3) is 0 Å². The molecule has 1 aliphatic heterocycles. The van der Waals surface area contributed by atoms with E-state index in [0.29, 0.717) is 11.8 Å². The highest BCUT2D eigenvalue weighted by atomic mass is 35.5. The van der Waals surface area contributed by atoms with Gasteiger partial charge in [0.15, 0.2) is 17.2 Å². The van der Waals surface area contributed by atoms with Crippen molar-refractivity contribution in [2.45, 2.75) is 19.3 Å². The Morgan fingerprint density at radius 2 is 1.59 bits per heavy atom. The molecular weight excluding hydrogens is 480 g/mol. The molecule has 0 atom stereocenters. The summed E-state index contributed by atoms with van der Waals surface area (Å²) in [6.45, 7) is 0. The molecule has 7 rings (SSSR count). The molecule has 0 amide bonds. The number of ether oxygens (including phenoxy) is 1. The molecule has 0 unspecified atom stereocenters. The van der Waals surface area contributed by atoms with Crippen LogP contribution in [0.1, 0.15) is 25.2 Å². The van der Waals surface area contributed by atoms with Crippen LogP contribution in [-0.2, 0) is 0 Å². The SMILES string of the molecule is ClC1=C(/C=C/c2nc3ccc4ccccc4c3o2)CCC/C1=C\C=C1\Nc2ccc3ccccc3c2O1. The van der Waals surface area contributed by atoms with E-state index in [1.807, 2.05) is 48.6 Å². The molecule has 1 aromatic heterocycles. The highest BCUT2D eigenvalue weighted by Gasteiger charge is 2.19. The molecule has 0 spiro atoms. The Balaban J connectivity index is 1.15. The lowest BCUT2D eigenvalue weighted by Gasteiger charge is -2.16. The number of oxazole rings is 1. The summed E-state index contributed by atoms with van der Waals surface area (Å²) < 4.78 is 12.2. The minimum Gasteiger partial charge on any atom is -0.438 e. The second-order valence-corrected chi connectivity index (χ2v) is 9.70. The molecule has 37 heavy (non-hydrogen) atoms. The summed E-state index contributed by atoms with van der Waals surface area (Å²) in [7, 11) is 0. The third-order valence-corrected chi connectivity index (χ3v) is 7.45. The van der Waals surface area contributed by atoms with Gasteiger partial charge in [0.1, 0.15) is 5.52 Å². The van der Waals surface area contributed by atoms with Gasteiger partial charge in [-0.05, 0) is 59.4 Å². The molecule has 0 saturated carbocycles. The maximum Gasteiger partial charge on any atom is 0.220 e. The monoisotopic (exact) mass is 502 g/mol. The highest BCUT2D eigenvalue weighted by molar-refractivity contribution is 6.32. The van der Waals surface area contributed by atoms with Gasteiger partial charge in [-0.3, -0.25) is 0 Å². The van der Waals surface area contributed by atoms with E-state index in [9.17, 15) is 0 Å². The van der Waals surface area contributed by atoms with E-state index in [4.69, 9.17) is 20.8 Å². The van der Waals surface area contributed by atoms with E-state index in [1.54, 1.807) is 0 Å². The molecule has 5 aromatic rings. The number of allylic oxidation sites excluding steroid dienone is 6. The van der Waals surface area contributed by atoms with Gasteiger partial charge in [0.2, 0.25) is 5.89 Å². The van der Waals surface area contributed by atoms with Crippen molar-refractivity contribution in [3.8, 4) is 5.75 Å². The predicted molar refractivity (Wildman–Crippen MR) is 152 cm³/mol. The van der Waals surface area contributed by atoms with Gasteiger partial charge in [-0.1, -0.05) is 84.4 Å². The molecule has 4 aromatic carbocycles. The van der Waals surface area contributed by atoms with Crippen molar-refractivity contribution in [1.29, 1.82) is 0 Å². The molecule has 0 saturated heterocycles. The van der Waals surface area contributed by atoms with Crippen molar-refractivity contribution in [3.63, 3.8) is 0 Å². The number of hydrogen-bond donors (Lipinski definition) is 1. The molecule has 1 N–H and O–H groups in total. The lowest BCUT2D eigenvalue weighted by Crippen LogP contribution is -1.99. The molecule has 180 valence electrons. The zero-order chi connectivity index (χ0) is 24.8. The van der Waals surface area contributed by atoms with E-state index in [2.05, 4.69) is 58.8 Å². The first kappa shape index (κ1) is 22.0. The van der Waals surface area contributed by atoms with Crippen LogP contribution >= 0.6 is 11.6 Å². The first-order valence-corrected chi connectivity index (χ1v) is 12.8. The minimum absolute atomic E-state index is 0.579. The van der Waals surface area contributed by atoms with Crippen molar-refractivity contribution in [3.05, 3.63) is 119 Å². The van der Waals surface area contributed by atoms with E-state index in [0.717, 1.165) is 79.5 Å². The third kappa shape index (κ3) is 4.00. The zero-order valence-electron chi connectivity index (χ0n) is 20.0. The van der Waals surface area contributed by atoms with Crippen LogP contribution in [0.4, 0.5) is 5.69 Å². The summed E-state index contributed by atoms with van der Waals surface area (Å²) in [4.78, 5) is 4.65. The molecule has 2 heterocycles. The lowest BCUT2D eigenvalue weighted by atomic mass is 9.94. The Bertz CT molecular complexity index is 1820. The molecule has 0 bridgehead atoms. The number of hydrogen-bond acceptors (Lipinski definition) is 4. The molecule has 0 fully saturated rings. The van der Waals surface area contributed by atoms with Crippen LogP contribution < -0.4 is 10.1 Å². The summed E-state index contributed by atoms with van der Waals surface area (Å²) in [6, 6.07) is 24.6. The molecule has 0 radical (unpaired) electrons. The van der Waals surface area contributed by atoms with Crippen LogP contribution in [0.5, 0.6) is 5.75 Å². The third-order valence-electron chi connectivity index (χ3n) is 6.96. The second kappa shape index (κ2) is 8.99. The van der Waals surface area contributed by atoms with Gasteiger partial charge in [0, 0.05) is 21.9 Å². The Labute approximate surface area is 219 Å². The molecular formula is C32H23ClN2O2. The summed E-state index contributed by atoms with van der Waals surface area (Å²) >= 11 is 6.84. The summed E-state index contributed by atoms with van der Waals surface area (Å²) in [5.41, 5.74) is 4.82. The standard InChI is InChI=1S/C32H23ClN2O2/c33-30-22(14-18-28-34-26-16-12-20-6-1-3-10-24(20)31(26)36-28)8-5-9-23(30)15-19-29-35-27-17-13-21-7-2-4-11-25(21)32(27)37-29/h1-4,6-7,10-19,34H,5,8-9H2/b19-15+,22-14+,28-18-. The van der Waals surface area contributed by atoms with Crippen molar-refractivity contribution < 1.29 is 9.15 Å². The van der Waals surface area contributed by atoms with Crippen LogP contribution in [0.15, 0.2) is 118 Å². The Hall–Kier alpha value is -4.28. The van der Waals surface area contributed by atoms with Gasteiger partial charge in [-0.25, -0.2) is 4.98 Å². The number of aromatic nitrogens is 1. The van der Waals surface area contributed by atoms with Crippen LogP contribution in [-0.4, -0.2) is 4.98 Å². The topological polar surface area (TPSA) is 47.3 Å². The van der Waals surface area contributed by atoms with Gasteiger partial charge >= 0.3 is 0 Å². The number of fused-ring (bicyclic) bond motifs is 6. The largest absolute Gasteiger partial charge is 0.438 e. The first-order chi connectivity index (χ1) is 18.2. The fourth-order valence-electron chi connectivity index (χ4n) is 5.10. The number of nitrogens with zero attached hydrogens (tertiary/aromatic N) is 1. The number of halogens is 1. The predicted octanol–water partition coefficient (Wildman–Crippen LogP) is 9.10. The molecule has 5 heteroatoms. The van der Waals surface area contributed by atoms with Crippen LogP contribution in [0.3, 0.4) is 0 Å². The van der Waals surface area contributed by atoms with Crippen LogP contribution in [0, 0.1) is 0 Å². The van der Waals surface area contributed by atoms with Crippen molar-refractivity contribution >= 4 is 56.0 Å². The van der Waals surface area contributed by atoms with E-state index in [-0.39, 0.29) is 0 Å². The van der Waals surface area contributed by atoms with Gasteiger partial charge in [0.05, 0.1) is 5.69 Å². The average molecular weight is 503 g/mol. The zero-order valence-corrected chi connectivity index (χ0v) is 20.8. The van der Waals surface area contributed by atoms with Crippen molar-refractivity contribution in [2.24, 2.45) is 0 Å². The Morgan fingerprint density at radius 3 is 2.49 bits per heavy atom. The number of nitrogens with one attached hydrogen (secondary N) is 1. The fraction of sp³-hybridized carbons (Fsp3) is 0.0938. The van der Waals surface area contributed by atoms with E-state index in [1.165, 1.54) is 0 Å².